The van der Waals surface area contributed by atoms with E-state index in [1.165, 1.54) is 12.1 Å². The Kier molecular flexibility index (Phi) is 3.37. The summed E-state index contributed by atoms with van der Waals surface area (Å²) in [5, 5.41) is 18.8. The number of rotatable bonds is 3. The Morgan fingerprint density at radius 1 is 1.42 bits per heavy atom. The van der Waals surface area contributed by atoms with Crippen molar-refractivity contribution in [3.63, 3.8) is 0 Å². The van der Waals surface area contributed by atoms with Crippen LogP contribution in [0.25, 0.3) is 11.1 Å². The Hall–Kier alpha value is -2.57. The molecule has 100 valence electrons. The van der Waals surface area contributed by atoms with E-state index in [2.05, 4.69) is 4.98 Å². The SMILES string of the molecule is CCOC(=O)Cc1nc2ccc(O)c(O)c2oc1=O. The van der Waals surface area contributed by atoms with Gasteiger partial charge in [-0.15, -0.1) is 0 Å². The fourth-order valence-electron chi connectivity index (χ4n) is 1.54. The van der Waals surface area contributed by atoms with Crippen LogP contribution in [0.5, 0.6) is 11.5 Å². The van der Waals surface area contributed by atoms with Crippen molar-refractivity contribution >= 4 is 17.1 Å². The van der Waals surface area contributed by atoms with Crippen molar-refractivity contribution in [1.29, 1.82) is 0 Å². The van der Waals surface area contributed by atoms with E-state index >= 15 is 0 Å². The largest absolute Gasteiger partial charge is 0.504 e. The van der Waals surface area contributed by atoms with Crippen LogP contribution in [-0.2, 0) is 16.0 Å². The lowest BCUT2D eigenvalue weighted by atomic mass is 10.2. The highest BCUT2D eigenvalue weighted by molar-refractivity contribution is 5.82. The van der Waals surface area contributed by atoms with Crippen LogP contribution in [-0.4, -0.2) is 27.8 Å². The number of benzene rings is 1. The summed E-state index contributed by atoms with van der Waals surface area (Å²) in [7, 11) is 0. The lowest BCUT2D eigenvalue weighted by molar-refractivity contribution is -0.142. The van der Waals surface area contributed by atoms with Gasteiger partial charge in [0.2, 0.25) is 11.3 Å². The van der Waals surface area contributed by atoms with Crippen LogP contribution in [0, 0.1) is 0 Å². The first-order valence-electron chi connectivity index (χ1n) is 5.53. The second-order valence-electron chi connectivity index (χ2n) is 3.71. The smallest absolute Gasteiger partial charge is 0.358 e. The number of hydrogen-bond donors (Lipinski definition) is 2. The molecule has 0 radical (unpaired) electrons. The minimum Gasteiger partial charge on any atom is -0.504 e. The Bertz CT molecular complexity index is 690. The van der Waals surface area contributed by atoms with Crippen LogP contribution in [0.4, 0.5) is 0 Å². The molecule has 0 aliphatic heterocycles. The molecule has 0 bridgehead atoms. The number of aromatic nitrogens is 1. The van der Waals surface area contributed by atoms with Crippen LogP contribution in [0.2, 0.25) is 0 Å². The molecule has 1 heterocycles. The second-order valence-corrected chi connectivity index (χ2v) is 3.71. The van der Waals surface area contributed by atoms with Crippen LogP contribution in [0.1, 0.15) is 12.6 Å². The third-order valence-corrected chi connectivity index (χ3v) is 2.39. The highest BCUT2D eigenvalue weighted by Crippen LogP contribution is 2.31. The van der Waals surface area contributed by atoms with Gasteiger partial charge in [-0.05, 0) is 19.1 Å². The lowest BCUT2D eigenvalue weighted by Crippen LogP contribution is -2.17. The van der Waals surface area contributed by atoms with E-state index in [0.717, 1.165) is 0 Å². The molecule has 1 aromatic carbocycles. The first kappa shape index (κ1) is 12.9. The molecule has 7 heteroatoms. The van der Waals surface area contributed by atoms with Crippen molar-refractivity contribution in [2.75, 3.05) is 6.61 Å². The number of hydrogen-bond acceptors (Lipinski definition) is 7. The van der Waals surface area contributed by atoms with Gasteiger partial charge in [-0.25, -0.2) is 9.78 Å². The van der Waals surface area contributed by atoms with Gasteiger partial charge in [0.25, 0.3) is 0 Å². The molecule has 0 atom stereocenters. The van der Waals surface area contributed by atoms with E-state index in [4.69, 9.17) is 9.15 Å². The molecule has 19 heavy (non-hydrogen) atoms. The summed E-state index contributed by atoms with van der Waals surface area (Å²) in [5.41, 5.74) is -1.04. The van der Waals surface area contributed by atoms with E-state index in [0.29, 0.717) is 0 Å². The minimum atomic E-state index is -0.860. The Morgan fingerprint density at radius 3 is 2.84 bits per heavy atom. The van der Waals surface area contributed by atoms with Crippen molar-refractivity contribution in [2.45, 2.75) is 13.3 Å². The summed E-state index contributed by atoms with van der Waals surface area (Å²) in [6, 6.07) is 2.57. The standard InChI is InChI=1S/C12H11NO6/c1-2-18-9(15)5-7-12(17)19-11-6(13-7)3-4-8(14)10(11)16/h3-4,14,16H,2,5H2,1H3. The lowest BCUT2D eigenvalue weighted by Gasteiger charge is -2.04. The third-order valence-electron chi connectivity index (χ3n) is 2.39. The summed E-state index contributed by atoms with van der Waals surface area (Å²) in [6.45, 7) is 1.85. The number of carbonyl (C=O) groups excluding carboxylic acids is 1. The number of fused-ring (bicyclic) bond motifs is 1. The average Bonchev–Trinajstić information content (AvgIpc) is 2.36. The quantitative estimate of drug-likeness (QED) is 0.621. The number of ether oxygens (including phenoxy) is 1. The van der Waals surface area contributed by atoms with Crippen molar-refractivity contribution in [2.24, 2.45) is 0 Å². The number of carbonyl (C=O) groups is 1. The normalized spacial score (nSPS) is 10.6. The zero-order valence-corrected chi connectivity index (χ0v) is 10.0. The van der Waals surface area contributed by atoms with Crippen LogP contribution in [0.3, 0.4) is 0 Å². The molecular weight excluding hydrogens is 254 g/mol. The fraction of sp³-hybridized carbons (Fsp3) is 0.250. The van der Waals surface area contributed by atoms with E-state index in [9.17, 15) is 19.8 Å². The summed E-state index contributed by atoms with van der Waals surface area (Å²) < 4.78 is 9.55. The van der Waals surface area contributed by atoms with E-state index < -0.39 is 23.1 Å². The second kappa shape index (κ2) is 4.97. The van der Waals surface area contributed by atoms with Crippen molar-refractivity contribution in [1.82, 2.24) is 4.98 Å². The van der Waals surface area contributed by atoms with Gasteiger partial charge in [0.15, 0.2) is 5.75 Å². The highest BCUT2D eigenvalue weighted by Gasteiger charge is 2.15. The number of aromatic hydroxyl groups is 2. The van der Waals surface area contributed by atoms with E-state index in [1.54, 1.807) is 6.92 Å². The Labute approximate surface area is 107 Å². The summed E-state index contributed by atoms with van der Waals surface area (Å²) in [6.07, 6.45) is -0.312. The zero-order valence-electron chi connectivity index (χ0n) is 10.0. The van der Waals surface area contributed by atoms with Crippen molar-refractivity contribution in [3.8, 4) is 11.5 Å². The number of esters is 1. The molecule has 0 fully saturated rings. The number of phenolic OH excluding ortho intramolecular Hbond substituents is 2. The van der Waals surface area contributed by atoms with E-state index in [-0.39, 0.29) is 29.8 Å². The van der Waals surface area contributed by atoms with Gasteiger partial charge >= 0.3 is 11.6 Å². The molecule has 2 aromatic rings. The Morgan fingerprint density at radius 2 is 2.16 bits per heavy atom. The molecule has 2 N–H and O–H groups in total. The molecule has 0 amide bonds. The summed E-state index contributed by atoms with van der Waals surface area (Å²) >= 11 is 0. The molecule has 0 spiro atoms. The number of nitrogens with zero attached hydrogens (tertiary/aromatic N) is 1. The molecule has 2 rings (SSSR count). The highest BCUT2D eigenvalue weighted by atomic mass is 16.5. The fourth-order valence-corrected chi connectivity index (χ4v) is 1.54. The molecule has 0 unspecified atom stereocenters. The number of phenols is 2. The maximum Gasteiger partial charge on any atom is 0.358 e. The van der Waals surface area contributed by atoms with Crippen LogP contribution in [0.15, 0.2) is 21.3 Å². The molecule has 1 aromatic heterocycles. The third kappa shape index (κ3) is 2.49. The van der Waals surface area contributed by atoms with Gasteiger partial charge in [0.1, 0.15) is 11.2 Å². The first-order chi connectivity index (χ1) is 9.02. The van der Waals surface area contributed by atoms with Gasteiger partial charge in [0.05, 0.1) is 13.0 Å². The molecule has 0 saturated heterocycles. The van der Waals surface area contributed by atoms with Crippen molar-refractivity contribution in [3.05, 3.63) is 28.2 Å². The molecule has 0 aliphatic carbocycles. The molecule has 7 nitrogen and oxygen atoms in total. The van der Waals surface area contributed by atoms with Gasteiger partial charge in [-0.1, -0.05) is 0 Å². The maximum absolute atomic E-state index is 11.6. The van der Waals surface area contributed by atoms with Gasteiger partial charge < -0.3 is 19.4 Å². The molecule has 0 aliphatic rings. The molecule has 0 saturated carbocycles. The average molecular weight is 265 g/mol. The first-order valence-corrected chi connectivity index (χ1v) is 5.53. The van der Waals surface area contributed by atoms with Gasteiger partial charge in [-0.2, -0.15) is 0 Å². The topological polar surface area (TPSA) is 110 Å². The van der Waals surface area contributed by atoms with Gasteiger partial charge in [-0.3, -0.25) is 4.79 Å². The predicted octanol–water partition coefficient (Wildman–Crippen LogP) is 0.705. The zero-order chi connectivity index (χ0) is 14.0. The predicted molar refractivity (Wildman–Crippen MR) is 63.9 cm³/mol. The monoisotopic (exact) mass is 265 g/mol. The van der Waals surface area contributed by atoms with Crippen molar-refractivity contribution < 1.29 is 24.2 Å². The van der Waals surface area contributed by atoms with Gasteiger partial charge in [0, 0.05) is 0 Å². The Balaban J connectivity index is 2.48. The van der Waals surface area contributed by atoms with Crippen LogP contribution >= 0.6 is 0 Å². The van der Waals surface area contributed by atoms with E-state index in [1.807, 2.05) is 0 Å². The summed E-state index contributed by atoms with van der Waals surface area (Å²) in [5.74, 6) is -1.58. The summed E-state index contributed by atoms with van der Waals surface area (Å²) in [4.78, 5) is 26.8. The van der Waals surface area contributed by atoms with Crippen LogP contribution < -0.4 is 5.63 Å². The minimum absolute atomic E-state index is 0.115. The maximum atomic E-state index is 11.6. The molecular formula is C12H11NO6.